The number of carbonyl (C=O) groups excluding carboxylic acids is 3. The number of amides is 3. The molecule has 3 amide bonds. The molecule has 0 spiro atoms. The van der Waals surface area contributed by atoms with Crippen molar-refractivity contribution in [3.05, 3.63) is 35.9 Å². The first-order chi connectivity index (χ1) is 12.7. The Balaban J connectivity index is 2.57. The smallest absolute Gasteiger partial charge is 0.409 e. The lowest BCUT2D eigenvalue weighted by Crippen LogP contribution is -2.54. The Morgan fingerprint density at radius 3 is 2.33 bits per heavy atom. The SMILES string of the molecule is COC(=O)CNC(=O)N[C@H](COCc1ccccc1)NC(=O)OC(C)(C)C. The Bertz CT molecular complexity index is 615. The Hall–Kier alpha value is -2.81. The number of carbonyl (C=O) groups is 3. The fourth-order valence-corrected chi connectivity index (χ4v) is 1.87. The second kappa shape index (κ2) is 11.0. The number of methoxy groups -OCH3 is 1. The average Bonchev–Trinajstić information content (AvgIpc) is 2.58. The molecule has 1 aromatic carbocycles. The Morgan fingerprint density at radius 2 is 1.74 bits per heavy atom. The molecule has 0 unspecified atom stereocenters. The van der Waals surface area contributed by atoms with E-state index >= 15 is 0 Å². The van der Waals surface area contributed by atoms with E-state index in [2.05, 4.69) is 20.7 Å². The summed E-state index contributed by atoms with van der Waals surface area (Å²) in [6, 6.07) is 8.79. The van der Waals surface area contributed by atoms with Crippen molar-refractivity contribution in [2.45, 2.75) is 39.1 Å². The third-order valence-electron chi connectivity index (χ3n) is 3.01. The molecule has 27 heavy (non-hydrogen) atoms. The molecule has 150 valence electrons. The Labute approximate surface area is 158 Å². The number of nitrogens with one attached hydrogen (secondary N) is 3. The molecule has 9 nitrogen and oxygen atoms in total. The van der Waals surface area contributed by atoms with Gasteiger partial charge in [-0.1, -0.05) is 30.3 Å². The maximum absolute atomic E-state index is 12.0. The largest absolute Gasteiger partial charge is 0.468 e. The highest BCUT2D eigenvalue weighted by Gasteiger charge is 2.21. The monoisotopic (exact) mass is 381 g/mol. The summed E-state index contributed by atoms with van der Waals surface area (Å²) >= 11 is 0. The first kappa shape index (κ1) is 22.2. The zero-order valence-corrected chi connectivity index (χ0v) is 16.0. The van der Waals surface area contributed by atoms with E-state index in [1.54, 1.807) is 20.8 Å². The number of esters is 1. The predicted molar refractivity (Wildman–Crippen MR) is 97.8 cm³/mol. The lowest BCUT2D eigenvalue weighted by atomic mass is 10.2. The minimum absolute atomic E-state index is 0.000217. The molecular formula is C18H27N3O6. The van der Waals surface area contributed by atoms with Crippen LogP contribution in [-0.4, -0.2) is 50.1 Å². The van der Waals surface area contributed by atoms with Gasteiger partial charge in [-0.05, 0) is 26.3 Å². The second-order valence-electron chi connectivity index (χ2n) is 6.60. The van der Waals surface area contributed by atoms with Crippen LogP contribution < -0.4 is 16.0 Å². The van der Waals surface area contributed by atoms with E-state index < -0.39 is 29.9 Å². The number of benzene rings is 1. The first-order valence-corrected chi connectivity index (χ1v) is 8.42. The van der Waals surface area contributed by atoms with Gasteiger partial charge >= 0.3 is 18.1 Å². The fourth-order valence-electron chi connectivity index (χ4n) is 1.87. The van der Waals surface area contributed by atoms with Crippen molar-refractivity contribution in [1.29, 1.82) is 0 Å². The van der Waals surface area contributed by atoms with Crippen LogP contribution in [0.15, 0.2) is 30.3 Å². The molecule has 0 saturated carbocycles. The molecule has 1 aromatic rings. The lowest BCUT2D eigenvalue weighted by molar-refractivity contribution is -0.139. The highest BCUT2D eigenvalue weighted by atomic mass is 16.6. The summed E-state index contributed by atoms with van der Waals surface area (Å²) in [5.74, 6) is -0.595. The number of alkyl carbamates (subject to hydrolysis) is 1. The first-order valence-electron chi connectivity index (χ1n) is 8.42. The van der Waals surface area contributed by atoms with E-state index in [1.807, 2.05) is 30.3 Å². The quantitative estimate of drug-likeness (QED) is 0.465. The number of urea groups is 1. The van der Waals surface area contributed by atoms with Gasteiger partial charge in [0.05, 0.1) is 20.3 Å². The lowest BCUT2D eigenvalue weighted by Gasteiger charge is -2.24. The van der Waals surface area contributed by atoms with Crippen LogP contribution >= 0.6 is 0 Å². The van der Waals surface area contributed by atoms with Gasteiger partial charge in [0.15, 0.2) is 0 Å². The summed E-state index contributed by atoms with van der Waals surface area (Å²) in [6.45, 7) is 5.18. The van der Waals surface area contributed by atoms with Crippen LogP contribution in [0.2, 0.25) is 0 Å². The molecule has 0 radical (unpaired) electrons. The number of hydrogen-bond acceptors (Lipinski definition) is 6. The fraction of sp³-hybridized carbons (Fsp3) is 0.500. The van der Waals surface area contributed by atoms with Gasteiger partial charge in [0, 0.05) is 0 Å². The molecule has 1 atom stereocenters. The zero-order valence-electron chi connectivity index (χ0n) is 16.0. The highest BCUT2D eigenvalue weighted by Crippen LogP contribution is 2.07. The van der Waals surface area contributed by atoms with E-state index in [4.69, 9.17) is 9.47 Å². The van der Waals surface area contributed by atoms with Crippen LogP contribution in [0.4, 0.5) is 9.59 Å². The van der Waals surface area contributed by atoms with Crippen molar-refractivity contribution in [3.63, 3.8) is 0 Å². The molecule has 3 N–H and O–H groups in total. The number of ether oxygens (including phenoxy) is 3. The summed E-state index contributed by atoms with van der Waals surface area (Å²) in [7, 11) is 1.21. The third-order valence-corrected chi connectivity index (χ3v) is 3.01. The maximum atomic E-state index is 12.0. The van der Waals surface area contributed by atoms with Crippen molar-refractivity contribution < 1.29 is 28.6 Å². The van der Waals surface area contributed by atoms with Crippen LogP contribution in [0.5, 0.6) is 0 Å². The standard InChI is InChI=1S/C18H27N3O6/c1-18(2,3)27-17(24)21-14(20-16(23)19-10-15(22)25-4)12-26-11-13-8-6-5-7-9-13/h5-9,14H,10-12H2,1-4H3,(H,21,24)(H2,19,20,23)/t14-/m0/s1. The Kier molecular flexibility index (Phi) is 9.07. The predicted octanol–water partition coefficient (Wildman–Crippen LogP) is 1.53. The number of hydrogen-bond donors (Lipinski definition) is 3. The molecule has 0 aromatic heterocycles. The molecule has 0 fully saturated rings. The molecule has 0 aliphatic heterocycles. The summed E-state index contributed by atoms with van der Waals surface area (Å²) in [5, 5.41) is 7.34. The maximum Gasteiger partial charge on any atom is 0.409 e. The van der Waals surface area contributed by atoms with Crippen molar-refractivity contribution in [1.82, 2.24) is 16.0 Å². The molecule has 9 heteroatoms. The van der Waals surface area contributed by atoms with Gasteiger partial charge in [-0.25, -0.2) is 9.59 Å². The van der Waals surface area contributed by atoms with Gasteiger partial charge in [-0.3, -0.25) is 10.1 Å². The average molecular weight is 381 g/mol. The molecule has 0 aliphatic carbocycles. The summed E-state index contributed by atoms with van der Waals surface area (Å²) in [6.07, 6.45) is -1.56. The van der Waals surface area contributed by atoms with Gasteiger partial charge in [-0.2, -0.15) is 0 Å². The van der Waals surface area contributed by atoms with Gasteiger partial charge in [0.1, 0.15) is 18.3 Å². The van der Waals surface area contributed by atoms with Gasteiger partial charge < -0.3 is 24.8 Å². The van der Waals surface area contributed by atoms with Crippen LogP contribution in [0.1, 0.15) is 26.3 Å². The minimum atomic E-state index is -0.860. The van der Waals surface area contributed by atoms with E-state index in [-0.39, 0.29) is 13.2 Å². The van der Waals surface area contributed by atoms with Crippen molar-refractivity contribution in [2.75, 3.05) is 20.3 Å². The van der Waals surface area contributed by atoms with E-state index in [0.29, 0.717) is 6.61 Å². The van der Waals surface area contributed by atoms with Crippen LogP contribution in [-0.2, 0) is 25.6 Å². The zero-order chi connectivity index (χ0) is 20.3. The molecule has 1 rings (SSSR count). The number of rotatable bonds is 8. The molecule has 0 heterocycles. The summed E-state index contributed by atoms with van der Waals surface area (Å²) < 4.78 is 15.2. The van der Waals surface area contributed by atoms with Crippen molar-refractivity contribution in [3.8, 4) is 0 Å². The third kappa shape index (κ3) is 10.7. The molecule has 0 saturated heterocycles. The summed E-state index contributed by atoms with van der Waals surface area (Å²) in [4.78, 5) is 34.9. The molecular weight excluding hydrogens is 354 g/mol. The van der Waals surface area contributed by atoms with Crippen molar-refractivity contribution in [2.24, 2.45) is 0 Å². The van der Waals surface area contributed by atoms with Crippen molar-refractivity contribution >= 4 is 18.1 Å². The topological polar surface area (TPSA) is 115 Å². The van der Waals surface area contributed by atoms with E-state index in [1.165, 1.54) is 7.11 Å². The second-order valence-corrected chi connectivity index (χ2v) is 6.60. The van der Waals surface area contributed by atoms with Crippen LogP contribution in [0.3, 0.4) is 0 Å². The van der Waals surface area contributed by atoms with Crippen LogP contribution in [0, 0.1) is 0 Å². The van der Waals surface area contributed by atoms with E-state index in [9.17, 15) is 14.4 Å². The summed E-state index contributed by atoms with van der Waals surface area (Å²) in [5.41, 5.74) is 0.260. The van der Waals surface area contributed by atoms with Crippen LogP contribution in [0.25, 0.3) is 0 Å². The Morgan fingerprint density at radius 1 is 1.07 bits per heavy atom. The minimum Gasteiger partial charge on any atom is -0.468 e. The molecule has 0 aliphatic rings. The highest BCUT2D eigenvalue weighted by molar-refractivity contribution is 5.81. The van der Waals surface area contributed by atoms with Gasteiger partial charge in [0.25, 0.3) is 0 Å². The van der Waals surface area contributed by atoms with Gasteiger partial charge in [0.2, 0.25) is 0 Å². The molecule has 0 bridgehead atoms. The van der Waals surface area contributed by atoms with Gasteiger partial charge in [-0.15, -0.1) is 0 Å². The van der Waals surface area contributed by atoms with E-state index in [0.717, 1.165) is 5.56 Å². The normalized spacial score (nSPS) is 11.9.